The number of imidazole rings is 1. The van der Waals surface area contributed by atoms with E-state index in [2.05, 4.69) is 22.8 Å². The van der Waals surface area contributed by atoms with Gasteiger partial charge < -0.3 is 9.85 Å². The first-order chi connectivity index (χ1) is 19.0. The molecule has 6 rings (SSSR count). The van der Waals surface area contributed by atoms with E-state index in [0.717, 1.165) is 55.7 Å². The first kappa shape index (κ1) is 28.2. The Hall–Kier alpha value is -1.92. The highest BCUT2D eigenvalue weighted by Crippen LogP contribution is 2.47. The van der Waals surface area contributed by atoms with Crippen molar-refractivity contribution >= 4 is 5.52 Å². The van der Waals surface area contributed by atoms with Crippen LogP contribution >= 0.6 is 0 Å². The highest BCUT2D eigenvalue weighted by Gasteiger charge is 2.44. The molecule has 40 heavy (non-hydrogen) atoms. The van der Waals surface area contributed by atoms with Gasteiger partial charge in [-0.2, -0.15) is 13.2 Å². The van der Waals surface area contributed by atoms with Crippen molar-refractivity contribution in [1.29, 1.82) is 0 Å². The van der Waals surface area contributed by atoms with Crippen LogP contribution in [0.5, 0.6) is 0 Å². The molecule has 0 radical (unpaired) electrons. The lowest BCUT2D eigenvalue weighted by molar-refractivity contribution is -0.902. The molecule has 2 aliphatic carbocycles. The lowest BCUT2D eigenvalue weighted by Crippen LogP contribution is -2.50. The van der Waals surface area contributed by atoms with Crippen molar-refractivity contribution in [2.45, 2.75) is 89.6 Å². The van der Waals surface area contributed by atoms with Gasteiger partial charge in [0, 0.05) is 29.9 Å². The molecule has 4 fully saturated rings. The Labute approximate surface area is 233 Å². The van der Waals surface area contributed by atoms with Crippen LogP contribution in [-0.2, 0) is 12.7 Å². The average Bonchev–Trinajstić information content (AvgIpc) is 3.42. The number of nitrogens with one attached hydrogen (secondary N) is 2. The minimum absolute atomic E-state index is 0.0501. The molecule has 2 aliphatic heterocycles. The first-order valence-corrected chi connectivity index (χ1v) is 15.1. The standard InChI is InChI=1S/C29H43F3N6O2/c1-19-6-5-11-38(40,16-19)17-20-12-24(29(30,31)32)25-15-36(28(39)37(25)14-20)23-10-4-9-22(13-23)26(21-7-3-8-21)27-34-33-18-35(27)2/h12,14-15,19,21-23,26-27,33-34H,3-11,13,16-18H2,1-2H3/t19-,22?,23?,26+,27?,38?/m0/s1. The molecular weight excluding hydrogens is 521 g/mol. The second-order valence-electron chi connectivity index (χ2n) is 13.2. The number of hydroxylamine groups is 3. The van der Waals surface area contributed by atoms with E-state index in [0.29, 0.717) is 30.8 Å². The van der Waals surface area contributed by atoms with Crippen molar-refractivity contribution < 1.29 is 17.8 Å². The van der Waals surface area contributed by atoms with E-state index >= 15 is 0 Å². The van der Waals surface area contributed by atoms with Gasteiger partial charge in [-0.25, -0.2) is 15.6 Å². The lowest BCUT2D eigenvalue weighted by Gasteiger charge is -2.47. The van der Waals surface area contributed by atoms with Gasteiger partial charge in [0.2, 0.25) is 0 Å². The third-order valence-corrected chi connectivity index (χ3v) is 10.3. The van der Waals surface area contributed by atoms with Gasteiger partial charge in [-0.15, -0.1) is 0 Å². The van der Waals surface area contributed by atoms with Crippen LogP contribution in [0.3, 0.4) is 0 Å². The molecule has 2 aromatic rings. The molecule has 11 heteroatoms. The van der Waals surface area contributed by atoms with Crippen molar-refractivity contribution in [3.8, 4) is 0 Å². The fourth-order valence-corrected chi connectivity index (χ4v) is 8.19. The van der Waals surface area contributed by atoms with Crippen molar-refractivity contribution in [3.05, 3.63) is 45.3 Å². The molecule has 2 aromatic heterocycles. The number of halogens is 3. The number of hydrogen-bond acceptors (Lipinski definition) is 5. The number of fused-ring (bicyclic) bond motifs is 1. The van der Waals surface area contributed by atoms with Crippen LogP contribution in [0.1, 0.15) is 81.9 Å². The molecule has 2 saturated carbocycles. The Balaban J connectivity index is 1.32. The Bertz CT molecular complexity index is 1270. The van der Waals surface area contributed by atoms with Crippen LogP contribution in [-0.4, -0.2) is 51.5 Å². The topological polar surface area (TPSA) is 76.8 Å². The minimum Gasteiger partial charge on any atom is -0.633 e. The third kappa shape index (κ3) is 5.35. The van der Waals surface area contributed by atoms with Crippen molar-refractivity contribution in [1.82, 2.24) is 24.7 Å². The molecule has 4 aliphatic rings. The number of pyridine rings is 1. The number of rotatable bonds is 6. The minimum atomic E-state index is -4.63. The first-order valence-electron chi connectivity index (χ1n) is 15.1. The van der Waals surface area contributed by atoms with E-state index in [4.69, 9.17) is 0 Å². The molecule has 6 atom stereocenters. The molecule has 0 amide bonds. The average molecular weight is 565 g/mol. The van der Waals surface area contributed by atoms with Gasteiger partial charge in [0.1, 0.15) is 6.54 Å². The Morgan fingerprint density at radius 2 is 1.85 bits per heavy atom. The van der Waals surface area contributed by atoms with Gasteiger partial charge in [0.15, 0.2) is 0 Å². The van der Waals surface area contributed by atoms with Crippen molar-refractivity contribution in [2.24, 2.45) is 23.7 Å². The van der Waals surface area contributed by atoms with Crippen LogP contribution < -0.4 is 16.5 Å². The van der Waals surface area contributed by atoms with Crippen LogP contribution in [0.4, 0.5) is 13.2 Å². The number of quaternary nitrogens is 1. The quantitative estimate of drug-likeness (QED) is 0.388. The Kier molecular flexibility index (Phi) is 7.57. The summed E-state index contributed by atoms with van der Waals surface area (Å²) in [5.74, 6) is 1.69. The van der Waals surface area contributed by atoms with Gasteiger partial charge >= 0.3 is 11.9 Å². The number of alkyl halides is 3. The summed E-state index contributed by atoms with van der Waals surface area (Å²) >= 11 is 0. The van der Waals surface area contributed by atoms with Crippen LogP contribution in [0.2, 0.25) is 0 Å². The highest BCUT2D eigenvalue weighted by molar-refractivity contribution is 5.56. The fraction of sp³-hybridized carbons (Fsp3) is 0.759. The monoisotopic (exact) mass is 564 g/mol. The molecule has 4 unspecified atom stereocenters. The maximum absolute atomic E-state index is 14.3. The molecule has 0 aromatic carbocycles. The fourth-order valence-electron chi connectivity index (χ4n) is 8.19. The third-order valence-electron chi connectivity index (χ3n) is 10.3. The molecule has 4 heterocycles. The Morgan fingerprint density at radius 1 is 1.10 bits per heavy atom. The smallest absolute Gasteiger partial charge is 0.418 e. The number of hydrogen-bond donors (Lipinski definition) is 2. The van der Waals surface area contributed by atoms with Gasteiger partial charge in [-0.05, 0) is 63.0 Å². The van der Waals surface area contributed by atoms with E-state index in [1.54, 1.807) is 4.57 Å². The summed E-state index contributed by atoms with van der Waals surface area (Å²) in [6.45, 7) is 3.53. The number of piperidine rings is 1. The zero-order valence-corrected chi connectivity index (χ0v) is 23.6. The lowest BCUT2D eigenvalue weighted by atomic mass is 9.65. The number of nitrogens with zero attached hydrogens (tertiary/aromatic N) is 4. The normalized spacial score (nSPS) is 33.4. The van der Waals surface area contributed by atoms with E-state index < -0.39 is 22.1 Å². The number of aromatic nitrogens is 2. The van der Waals surface area contributed by atoms with E-state index in [9.17, 15) is 23.2 Å². The molecular formula is C29H43F3N6O2. The maximum atomic E-state index is 14.3. The molecule has 222 valence electrons. The maximum Gasteiger partial charge on any atom is 0.418 e. The summed E-state index contributed by atoms with van der Waals surface area (Å²) in [6.07, 6.45) is 7.50. The summed E-state index contributed by atoms with van der Waals surface area (Å²) in [5, 5.41) is 13.4. The summed E-state index contributed by atoms with van der Waals surface area (Å²) < 4.78 is 45.1. The largest absolute Gasteiger partial charge is 0.633 e. The van der Waals surface area contributed by atoms with E-state index in [1.807, 2.05) is 6.92 Å². The predicted octanol–water partition coefficient (Wildman–Crippen LogP) is 4.84. The SMILES string of the molecule is C[C@H]1CCC[N+]([O-])(Cc2cc(C(F)(F)F)c3cn(C4CCCC([C@@H](C5CCC5)C5NNCN5C)C4)c(=O)n3c2)C1. The predicted molar refractivity (Wildman–Crippen MR) is 147 cm³/mol. The Morgan fingerprint density at radius 3 is 2.50 bits per heavy atom. The van der Waals surface area contributed by atoms with Gasteiger partial charge in [0.05, 0.1) is 37.0 Å². The molecule has 2 saturated heterocycles. The van der Waals surface area contributed by atoms with E-state index in [-0.39, 0.29) is 35.8 Å². The van der Waals surface area contributed by atoms with Crippen molar-refractivity contribution in [3.63, 3.8) is 0 Å². The summed E-state index contributed by atoms with van der Waals surface area (Å²) in [5.41, 5.74) is 5.61. The van der Waals surface area contributed by atoms with E-state index in [1.165, 1.54) is 31.7 Å². The van der Waals surface area contributed by atoms with Crippen molar-refractivity contribution in [2.75, 3.05) is 26.8 Å². The highest BCUT2D eigenvalue weighted by atomic mass is 19.4. The van der Waals surface area contributed by atoms with Crippen LogP contribution in [0, 0.1) is 28.9 Å². The zero-order valence-electron chi connectivity index (χ0n) is 23.6. The second-order valence-corrected chi connectivity index (χ2v) is 13.2. The zero-order chi connectivity index (χ0) is 28.2. The summed E-state index contributed by atoms with van der Waals surface area (Å²) in [6, 6.07) is 0.958. The van der Waals surface area contributed by atoms with Crippen LogP contribution in [0.15, 0.2) is 23.3 Å². The van der Waals surface area contributed by atoms with Gasteiger partial charge in [0.25, 0.3) is 0 Å². The van der Waals surface area contributed by atoms with Gasteiger partial charge in [-0.3, -0.25) is 13.9 Å². The molecule has 2 N–H and O–H groups in total. The summed E-state index contributed by atoms with van der Waals surface area (Å²) in [7, 11) is 2.11. The molecule has 0 spiro atoms. The number of likely N-dealkylation sites (tertiary alicyclic amines) is 1. The summed E-state index contributed by atoms with van der Waals surface area (Å²) in [4.78, 5) is 16.0. The second kappa shape index (κ2) is 10.7. The molecule has 8 nitrogen and oxygen atoms in total. The number of hydrazine groups is 1. The molecule has 0 bridgehead atoms. The van der Waals surface area contributed by atoms with Crippen LogP contribution in [0.25, 0.3) is 5.52 Å². The van der Waals surface area contributed by atoms with Gasteiger partial charge in [-0.1, -0.05) is 32.6 Å².